The predicted octanol–water partition coefficient (Wildman–Crippen LogP) is 3.96. The molecule has 0 atom stereocenters. The molecule has 0 fully saturated rings. The summed E-state index contributed by atoms with van der Waals surface area (Å²) in [6, 6.07) is 15.2. The Hall–Kier alpha value is -1.30. The third-order valence-electron chi connectivity index (χ3n) is 2.44. The topological polar surface area (TPSA) is 0 Å². The molecule has 0 saturated heterocycles. The van der Waals surface area contributed by atoms with E-state index in [4.69, 9.17) is 0 Å². The van der Waals surface area contributed by atoms with E-state index in [9.17, 15) is 0 Å². The first-order valence-electron chi connectivity index (χ1n) is 4.76. The van der Waals surface area contributed by atoms with Gasteiger partial charge in [-0.05, 0) is 22.3 Å². The molecule has 0 amide bonds. The van der Waals surface area contributed by atoms with Crippen molar-refractivity contribution in [2.24, 2.45) is 0 Å². The molecule has 0 aliphatic heterocycles. The fourth-order valence-corrected chi connectivity index (χ4v) is 1.57. The van der Waals surface area contributed by atoms with E-state index < -0.39 is 0 Å². The van der Waals surface area contributed by atoms with Crippen LogP contribution in [-0.2, 0) is 0 Å². The zero-order chi connectivity index (χ0) is 9.26. The summed E-state index contributed by atoms with van der Waals surface area (Å²) >= 11 is 0. The smallest absolute Gasteiger partial charge is 0.0181 e. The zero-order valence-electron chi connectivity index (χ0n) is 8.12. The minimum absolute atomic E-state index is 0.615. The molecule has 0 unspecified atom stereocenters. The Morgan fingerprint density at radius 3 is 2.23 bits per heavy atom. The Kier molecular flexibility index (Phi) is 2.05. The number of benzene rings is 2. The van der Waals surface area contributed by atoms with Crippen LogP contribution < -0.4 is 0 Å². The maximum Gasteiger partial charge on any atom is -0.0181 e. The van der Waals surface area contributed by atoms with E-state index >= 15 is 0 Å². The maximum absolute atomic E-state index is 2.28. The van der Waals surface area contributed by atoms with Crippen molar-refractivity contribution in [3.8, 4) is 0 Å². The van der Waals surface area contributed by atoms with Crippen molar-refractivity contribution in [3.63, 3.8) is 0 Å². The van der Waals surface area contributed by atoms with Gasteiger partial charge in [-0.2, -0.15) is 0 Å². The second kappa shape index (κ2) is 3.21. The van der Waals surface area contributed by atoms with E-state index in [1.807, 2.05) is 0 Å². The summed E-state index contributed by atoms with van der Waals surface area (Å²) in [7, 11) is 0. The number of rotatable bonds is 1. The molecule has 0 aliphatic rings. The second-order valence-electron chi connectivity index (χ2n) is 3.76. The largest absolute Gasteiger partial charge is 0.0616 e. The highest BCUT2D eigenvalue weighted by Crippen LogP contribution is 2.20. The molecule has 2 aromatic rings. The summed E-state index contributed by atoms with van der Waals surface area (Å²) in [4.78, 5) is 0. The average Bonchev–Trinajstić information content (AvgIpc) is 2.17. The van der Waals surface area contributed by atoms with Crippen LogP contribution in [0.4, 0.5) is 0 Å². The number of hydrogen-bond donors (Lipinski definition) is 0. The molecule has 0 aromatic heterocycles. The predicted molar refractivity (Wildman–Crippen MR) is 58.0 cm³/mol. The van der Waals surface area contributed by atoms with Crippen LogP contribution in [0.3, 0.4) is 0 Å². The molecule has 0 aliphatic carbocycles. The lowest BCUT2D eigenvalue weighted by molar-refractivity contribution is 0.869. The van der Waals surface area contributed by atoms with Gasteiger partial charge < -0.3 is 0 Å². The molecule has 2 aromatic carbocycles. The molecule has 0 saturated carbocycles. The highest BCUT2D eigenvalue weighted by Gasteiger charge is 1.99. The molecule has 0 heteroatoms. The third-order valence-corrected chi connectivity index (χ3v) is 2.44. The number of fused-ring (bicyclic) bond motifs is 1. The molecule has 2 rings (SSSR count). The molecule has 66 valence electrons. The van der Waals surface area contributed by atoms with Crippen molar-refractivity contribution >= 4 is 10.8 Å². The first-order chi connectivity index (χ1) is 6.27. The van der Waals surface area contributed by atoms with Crippen LogP contribution >= 0.6 is 0 Å². The van der Waals surface area contributed by atoms with E-state index in [1.165, 1.54) is 16.3 Å². The Labute approximate surface area is 79.2 Å². The second-order valence-corrected chi connectivity index (χ2v) is 3.76. The molecule has 0 radical (unpaired) electrons. The van der Waals surface area contributed by atoms with Gasteiger partial charge >= 0.3 is 0 Å². The van der Waals surface area contributed by atoms with Crippen LogP contribution in [-0.4, -0.2) is 0 Å². The van der Waals surface area contributed by atoms with Gasteiger partial charge in [0.05, 0.1) is 0 Å². The van der Waals surface area contributed by atoms with E-state index in [0.717, 1.165) is 0 Å². The molecular formula is C13H14. The zero-order valence-corrected chi connectivity index (χ0v) is 8.12. The average molecular weight is 170 g/mol. The van der Waals surface area contributed by atoms with E-state index in [0.29, 0.717) is 5.92 Å². The summed E-state index contributed by atoms with van der Waals surface area (Å²) in [6.07, 6.45) is 0. The summed E-state index contributed by atoms with van der Waals surface area (Å²) in [5.74, 6) is 0.615. The number of hydrogen-bond acceptors (Lipinski definition) is 0. The highest BCUT2D eigenvalue weighted by molar-refractivity contribution is 5.83. The van der Waals surface area contributed by atoms with E-state index in [2.05, 4.69) is 56.3 Å². The molecular weight excluding hydrogens is 156 g/mol. The standard InChI is InChI=1S/C13H14/c1-10(2)12-8-7-11-5-3-4-6-13(11)9-12/h3-10H,1-2H3. The fraction of sp³-hybridized carbons (Fsp3) is 0.231. The third kappa shape index (κ3) is 1.57. The Morgan fingerprint density at radius 2 is 1.54 bits per heavy atom. The van der Waals surface area contributed by atoms with Crippen LogP contribution in [0.1, 0.15) is 25.3 Å². The molecule has 0 spiro atoms. The van der Waals surface area contributed by atoms with Crippen molar-refractivity contribution in [3.05, 3.63) is 48.0 Å². The minimum atomic E-state index is 0.615. The quantitative estimate of drug-likeness (QED) is 0.607. The van der Waals surface area contributed by atoms with Crippen LogP contribution in [0.2, 0.25) is 0 Å². The van der Waals surface area contributed by atoms with Gasteiger partial charge in [0.2, 0.25) is 0 Å². The normalized spacial score (nSPS) is 11.0. The summed E-state index contributed by atoms with van der Waals surface area (Å²) < 4.78 is 0. The molecule has 0 nitrogen and oxygen atoms in total. The Balaban J connectivity index is 2.62. The van der Waals surface area contributed by atoms with Crippen molar-refractivity contribution in [1.82, 2.24) is 0 Å². The van der Waals surface area contributed by atoms with Gasteiger partial charge in [0.25, 0.3) is 0 Å². The lowest BCUT2D eigenvalue weighted by atomic mass is 9.99. The van der Waals surface area contributed by atoms with Gasteiger partial charge in [-0.25, -0.2) is 0 Å². The van der Waals surface area contributed by atoms with Crippen molar-refractivity contribution in [2.75, 3.05) is 0 Å². The van der Waals surface area contributed by atoms with Crippen LogP contribution in [0.5, 0.6) is 0 Å². The molecule has 0 N–H and O–H groups in total. The van der Waals surface area contributed by atoms with Gasteiger partial charge in [-0.1, -0.05) is 56.3 Å². The van der Waals surface area contributed by atoms with Crippen LogP contribution in [0, 0.1) is 0 Å². The van der Waals surface area contributed by atoms with Gasteiger partial charge in [0.15, 0.2) is 0 Å². The van der Waals surface area contributed by atoms with Crippen LogP contribution in [0.15, 0.2) is 42.5 Å². The van der Waals surface area contributed by atoms with E-state index in [1.54, 1.807) is 0 Å². The van der Waals surface area contributed by atoms with Gasteiger partial charge in [0.1, 0.15) is 0 Å². The first-order valence-corrected chi connectivity index (χ1v) is 4.76. The summed E-state index contributed by atoms with van der Waals surface area (Å²) in [5.41, 5.74) is 1.42. The summed E-state index contributed by atoms with van der Waals surface area (Å²) in [5, 5.41) is 2.67. The van der Waals surface area contributed by atoms with Crippen LogP contribution in [0.25, 0.3) is 10.8 Å². The lowest BCUT2D eigenvalue weighted by Gasteiger charge is -2.06. The fourth-order valence-electron chi connectivity index (χ4n) is 1.57. The molecule has 13 heavy (non-hydrogen) atoms. The minimum Gasteiger partial charge on any atom is -0.0616 e. The van der Waals surface area contributed by atoms with Gasteiger partial charge in [-0.3, -0.25) is 0 Å². The summed E-state index contributed by atoms with van der Waals surface area (Å²) in [6.45, 7) is 4.45. The Bertz CT molecular complexity index is 413. The monoisotopic (exact) mass is 170 g/mol. The molecule has 0 heterocycles. The lowest BCUT2D eigenvalue weighted by Crippen LogP contribution is -1.85. The van der Waals surface area contributed by atoms with Crippen molar-refractivity contribution in [2.45, 2.75) is 19.8 Å². The van der Waals surface area contributed by atoms with Crippen molar-refractivity contribution in [1.29, 1.82) is 0 Å². The maximum atomic E-state index is 2.28. The van der Waals surface area contributed by atoms with Gasteiger partial charge in [-0.15, -0.1) is 0 Å². The van der Waals surface area contributed by atoms with E-state index in [-0.39, 0.29) is 0 Å². The Morgan fingerprint density at radius 1 is 0.846 bits per heavy atom. The highest BCUT2D eigenvalue weighted by atomic mass is 14.0. The van der Waals surface area contributed by atoms with Gasteiger partial charge in [0, 0.05) is 0 Å². The molecule has 0 bridgehead atoms. The van der Waals surface area contributed by atoms with Crippen molar-refractivity contribution < 1.29 is 0 Å². The first kappa shape index (κ1) is 8.31. The SMILES string of the molecule is CC(C)c1ccc2ccccc2c1.